The van der Waals surface area contributed by atoms with E-state index in [0.717, 1.165) is 37.1 Å². The van der Waals surface area contributed by atoms with Crippen LogP contribution < -0.4 is 10.1 Å². The van der Waals surface area contributed by atoms with Crippen molar-refractivity contribution in [2.75, 3.05) is 20.2 Å². The number of hydrogen-bond donors (Lipinski definition) is 1. The van der Waals surface area contributed by atoms with Crippen LogP contribution in [0.1, 0.15) is 36.4 Å². The van der Waals surface area contributed by atoms with Crippen molar-refractivity contribution >= 4 is 5.91 Å². The van der Waals surface area contributed by atoms with Crippen molar-refractivity contribution in [2.45, 2.75) is 31.8 Å². The summed E-state index contributed by atoms with van der Waals surface area (Å²) >= 11 is 0. The molecule has 0 bridgehead atoms. The Bertz CT molecular complexity index is 684. The first-order valence-electron chi connectivity index (χ1n) is 8.84. The van der Waals surface area contributed by atoms with Gasteiger partial charge in [-0.25, -0.2) is 4.98 Å². The summed E-state index contributed by atoms with van der Waals surface area (Å²) in [5.74, 6) is 0.737. The minimum Gasteiger partial charge on any atom is -0.481 e. The number of likely N-dealkylation sites (tertiary alicyclic amines) is 1. The lowest BCUT2D eigenvalue weighted by atomic mass is 10.0. The highest BCUT2D eigenvalue weighted by molar-refractivity contribution is 5.83. The van der Waals surface area contributed by atoms with Crippen LogP contribution in [0, 0.1) is 0 Å². The maximum absolute atomic E-state index is 13.1. The predicted molar refractivity (Wildman–Crippen MR) is 97.2 cm³/mol. The second kappa shape index (κ2) is 8.62. The van der Waals surface area contributed by atoms with Crippen molar-refractivity contribution in [3.8, 4) is 5.88 Å². The van der Waals surface area contributed by atoms with Crippen molar-refractivity contribution in [1.29, 1.82) is 0 Å². The maximum atomic E-state index is 13.1. The fourth-order valence-electron chi connectivity index (χ4n) is 3.24. The van der Waals surface area contributed by atoms with Gasteiger partial charge in [0.25, 0.3) is 0 Å². The number of ether oxygens (including phenoxy) is 1. The topological polar surface area (TPSA) is 54.5 Å². The highest BCUT2D eigenvalue weighted by Crippen LogP contribution is 2.21. The smallest absolute Gasteiger partial charge is 0.244 e. The molecule has 1 aliphatic heterocycles. The molecule has 1 saturated heterocycles. The zero-order chi connectivity index (χ0) is 17.5. The summed E-state index contributed by atoms with van der Waals surface area (Å²) in [6.45, 7) is 2.22. The molecular weight excluding hydrogens is 314 g/mol. The van der Waals surface area contributed by atoms with Gasteiger partial charge in [0.05, 0.1) is 7.11 Å². The van der Waals surface area contributed by atoms with E-state index >= 15 is 0 Å². The molecule has 0 saturated carbocycles. The van der Waals surface area contributed by atoms with Gasteiger partial charge in [0.2, 0.25) is 11.8 Å². The van der Waals surface area contributed by atoms with Crippen molar-refractivity contribution < 1.29 is 9.53 Å². The van der Waals surface area contributed by atoms with Gasteiger partial charge in [0.1, 0.15) is 6.04 Å². The lowest BCUT2D eigenvalue weighted by Gasteiger charge is -2.31. The molecule has 2 heterocycles. The van der Waals surface area contributed by atoms with Crippen LogP contribution in [0.15, 0.2) is 48.7 Å². The van der Waals surface area contributed by atoms with Crippen molar-refractivity contribution in [1.82, 2.24) is 15.2 Å². The Morgan fingerprint density at radius 2 is 1.92 bits per heavy atom. The van der Waals surface area contributed by atoms with E-state index in [-0.39, 0.29) is 11.9 Å². The highest BCUT2D eigenvalue weighted by atomic mass is 16.5. The Balaban J connectivity index is 1.78. The van der Waals surface area contributed by atoms with Crippen LogP contribution in [-0.4, -0.2) is 36.0 Å². The zero-order valence-corrected chi connectivity index (χ0v) is 14.6. The summed E-state index contributed by atoms with van der Waals surface area (Å²) in [6, 6.07) is 13.4. The number of nitrogens with one attached hydrogen (secondary N) is 1. The number of hydrogen-bond acceptors (Lipinski definition) is 4. The second-order valence-electron chi connectivity index (χ2n) is 6.28. The number of carbonyl (C=O) groups is 1. The molecule has 132 valence electrons. The number of nitrogens with zero attached hydrogens (tertiary/aromatic N) is 2. The molecule has 1 N–H and O–H groups in total. The molecule has 0 unspecified atom stereocenters. The molecule has 1 amide bonds. The minimum atomic E-state index is -0.357. The van der Waals surface area contributed by atoms with Crippen LogP contribution in [0.2, 0.25) is 0 Å². The van der Waals surface area contributed by atoms with Gasteiger partial charge in [-0.1, -0.05) is 36.4 Å². The largest absolute Gasteiger partial charge is 0.481 e. The average Bonchev–Trinajstić information content (AvgIpc) is 2.70. The summed E-state index contributed by atoms with van der Waals surface area (Å²) in [4.78, 5) is 19.3. The highest BCUT2D eigenvalue weighted by Gasteiger charge is 2.26. The Labute approximate surface area is 149 Å². The van der Waals surface area contributed by atoms with E-state index in [9.17, 15) is 4.79 Å². The number of pyridine rings is 1. The van der Waals surface area contributed by atoms with Gasteiger partial charge in [-0.15, -0.1) is 0 Å². The molecule has 1 aromatic carbocycles. The monoisotopic (exact) mass is 339 g/mol. The number of piperidine rings is 1. The van der Waals surface area contributed by atoms with Crippen LogP contribution in [0.3, 0.4) is 0 Å². The van der Waals surface area contributed by atoms with Gasteiger partial charge < -0.3 is 9.64 Å². The van der Waals surface area contributed by atoms with Crippen LogP contribution >= 0.6 is 0 Å². The maximum Gasteiger partial charge on any atom is 0.244 e. The first-order chi connectivity index (χ1) is 12.3. The van der Waals surface area contributed by atoms with Crippen LogP contribution in [-0.2, 0) is 11.3 Å². The fourth-order valence-corrected chi connectivity index (χ4v) is 3.24. The van der Waals surface area contributed by atoms with Gasteiger partial charge >= 0.3 is 0 Å². The average molecular weight is 339 g/mol. The van der Waals surface area contributed by atoms with E-state index < -0.39 is 0 Å². The van der Waals surface area contributed by atoms with Gasteiger partial charge in [-0.3, -0.25) is 10.1 Å². The van der Waals surface area contributed by atoms with E-state index in [2.05, 4.69) is 10.3 Å². The number of benzene rings is 1. The molecule has 3 rings (SSSR count). The van der Waals surface area contributed by atoms with Gasteiger partial charge in [-0.2, -0.15) is 0 Å². The first-order valence-corrected chi connectivity index (χ1v) is 8.84. The molecule has 1 aromatic heterocycles. The third kappa shape index (κ3) is 4.37. The molecule has 0 radical (unpaired) electrons. The van der Waals surface area contributed by atoms with E-state index in [4.69, 9.17) is 4.74 Å². The predicted octanol–water partition coefficient (Wildman–Crippen LogP) is 2.93. The molecule has 1 atom stereocenters. The summed E-state index contributed by atoms with van der Waals surface area (Å²) in [7, 11) is 1.61. The van der Waals surface area contributed by atoms with Gasteiger partial charge in [0.15, 0.2) is 0 Å². The lowest BCUT2D eigenvalue weighted by molar-refractivity contribution is -0.134. The van der Waals surface area contributed by atoms with Crippen LogP contribution in [0.25, 0.3) is 0 Å². The van der Waals surface area contributed by atoms with Crippen LogP contribution in [0.4, 0.5) is 0 Å². The molecule has 0 aliphatic carbocycles. The number of methoxy groups -OCH3 is 1. The van der Waals surface area contributed by atoms with E-state index in [1.165, 1.54) is 6.42 Å². The fraction of sp³-hybridized carbons (Fsp3) is 0.400. The molecule has 5 nitrogen and oxygen atoms in total. The lowest BCUT2D eigenvalue weighted by Crippen LogP contribution is -2.43. The summed E-state index contributed by atoms with van der Waals surface area (Å²) in [6.07, 6.45) is 5.09. The van der Waals surface area contributed by atoms with Crippen LogP contribution in [0.5, 0.6) is 5.88 Å². The number of carbonyl (C=O) groups excluding carboxylic acids is 1. The second-order valence-corrected chi connectivity index (χ2v) is 6.28. The molecule has 1 fully saturated rings. The van der Waals surface area contributed by atoms with Crippen molar-refractivity contribution in [2.24, 2.45) is 0 Å². The molecule has 0 spiro atoms. The SMILES string of the molecule is COc1ncccc1CN[C@H](C(=O)N1CCCCC1)c1ccccc1. The molecule has 1 aliphatic rings. The number of aromatic nitrogens is 1. The molecule has 2 aromatic rings. The van der Waals surface area contributed by atoms with Gasteiger partial charge in [-0.05, 0) is 30.9 Å². The standard InChI is InChI=1S/C20H25N3O2/c1-25-19-17(11-8-12-21-19)15-22-18(16-9-4-2-5-10-16)20(24)23-13-6-3-7-14-23/h2,4-5,8-12,18,22H,3,6-7,13-15H2,1H3/t18-/m0/s1. The summed E-state index contributed by atoms with van der Waals surface area (Å²) < 4.78 is 5.31. The quantitative estimate of drug-likeness (QED) is 0.879. The third-order valence-electron chi connectivity index (χ3n) is 4.59. The molecule has 25 heavy (non-hydrogen) atoms. The van der Waals surface area contributed by atoms with Gasteiger partial charge in [0, 0.05) is 31.4 Å². The molecule has 5 heteroatoms. The Morgan fingerprint density at radius 1 is 1.16 bits per heavy atom. The Hall–Kier alpha value is -2.40. The van der Waals surface area contributed by atoms with Crippen molar-refractivity contribution in [3.05, 3.63) is 59.8 Å². The Kier molecular flexibility index (Phi) is 6.01. The zero-order valence-electron chi connectivity index (χ0n) is 14.6. The van der Waals surface area contributed by atoms with E-state index in [0.29, 0.717) is 12.4 Å². The van der Waals surface area contributed by atoms with Crippen molar-refractivity contribution in [3.63, 3.8) is 0 Å². The first kappa shape index (κ1) is 17.4. The summed E-state index contributed by atoms with van der Waals surface area (Å²) in [5, 5.41) is 3.41. The number of amides is 1. The Morgan fingerprint density at radius 3 is 2.64 bits per heavy atom. The summed E-state index contributed by atoms with van der Waals surface area (Å²) in [5.41, 5.74) is 1.93. The van der Waals surface area contributed by atoms with E-state index in [1.54, 1.807) is 13.3 Å². The normalized spacial score (nSPS) is 15.6. The minimum absolute atomic E-state index is 0.147. The number of rotatable bonds is 6. The third-order valence-corrected chi connectivity index (χ3v) is 4.59. The molecular formula is C20H25N3O2. The van der Waals surface area contributed by atoms with E-state index in [1.807, 2.05) is 47.4 Å².